The Bertz CT molecular complexity index is 851. The van der Waals surface area contributed by atoms with Crippen LogP contribution >= 0.6 is 0 Å². The second-order valence-electron chi connectivity index (χ2n) is 8.11. The highest BCUT2D eigenvalue weighted by molar-refractivity contribution is 5.86. The van der Waals surface area contributed by atoms with E-state index < -0.39 is 0 Å². The Labute approximate surface area is 158 Å². The lowest BCUT2D eigenvalue weighted by atomic mass is 9.69. The molecule has 2 bridgehead atoms. The number of rotatable bonds is 5. The largest absolute Gasteiger partial charge is 0.359 e. The smallest absolute Gasteiger partial charge is 0.227 e. The Morgan fingerprint density at radius 2 is 2.11 bits per heavy atom. The number of fused-ring (bicyclic) bond motifs is 1. The molecule has 4 fully saturated rings. The van der Waals surface area contributed by atoms with Crippen molar-refractivity contribution in [1.82, 2.24) is 25.5 Å². The van der Waals surface area contributed by atoms with Gasteiger partial charge in [0.1, 0.15) is 5.82 Å². The van der Waals surface area contributed by atoms with E-state index in [4.69, 9.17) is 0 Å². The van der Waals surface area contributed by atoms with Crippen LogP contribution in [-0.4, -0.2) is 45.7 Å². The van der Waals surface area contributed by atoms with Crippen molar-refractivity contribution in [2.75, 3.05) is 23.8 Å². The predicted molar refractivity (Wildman–Crippen MR) is 102 cm³/mol. The van der Waals surface area contributed by atoms with Crippen molar-refractivity contribution in [3.63, 3.8) is 0 Å². The number of nitrogens with zero attached hydrogens (tertiary/aromatic N) is 4. The third-order valence-electron chi connectivity index (χ3n) is 6.42. The summed E-state index contributed by atoms with van der Waals surface area (Å²) in [6, 6.07) is 4.30. The van der Waals surface area contributed by atoms with Gasteiger partial charge in [-0.25, -0.2) is 4.98 Å². The number of hydrogen-bond acceptors (Lipinski definition) is 6. The van der Waals surface area contributed by atoms with E-state index in [1.165, 1.54) is 31.4 Å². The fraction of sp³-hybridized carbons (Fsp3) is 0.579. The first-order valence-electron chi connectivity index (χ1n) is 9.81. The predicted octanol–water partition coefficient (Wildman–Crippen LogP) is 2.32. The van der Waals surface area contributed by atoms with Gasteiger partial charge in [0.15, 0.2) is 5.82 Å². The minimum atomic E-state index is -0.259. The van der Waals surface area contributed by atoms with E-state index in [0.29, 0.717) is 24.5 Å². The molecule has 2 aromatic rings. The van der Waals surface area contributed by atoms with E-state index in [-0.39, 0.29) is 11.3 Å². The van der Waals surface area contributed by atoms with Gasteiger partial charge >= 0.3 is 0 Å². The molecule has 0 unspecified atom stereocenters. The number of aromatic nitrogens is 4. The van der Waals surface area contributed by atoms with Crippen LogP contribution in [0.2, 0.25) is 0 Å². The first kappa shape index (κ1) is 16.5. The summed E-state index contributed by atoms with van der Waals surface area (Å²) in [6.07, 6.45) is 8.62. The van der Waals surface area contributed by atoms with E-state index in [0.717, 1.165) is 24.5 Å². The Kier molecular flexibility index (Phi) is 3.80. The highest BCUT2D eigenvalue weighted by Crippen LogP contribution is 2.52. The van der Waals surface area contributed by atoms with Crippen LogP contribution < -0.4 is 15.5 Å². The molecule has 1 amide bonds. The number of aromatic amines is 1. The molecule has 4 heterocycles. The molecule has 27 heavy (non-hydrogen) atoms. The molecule has 2 aromatic heterocycles. The van der Waals surface area contributed by atoms with Gasteiger partial charge in [-0.3, -0.25) is 9.89 Å². The monoisotopic (exact) mass is 367 g/mol. The number of hydrogen-bond donors (Lipinski definition) is 3. The average molecular weight is 367 g/mol. The van der Waals surface area contributed by atoms with Crippen molar-refractivity contribution in [1.29, 1.82) is 0 Å². The maximum absolute atomic E-state index is 12.2. The molecule has 0 radical (unpaired) electrons. The number of carbonyl (C=O) groups is 1. The van der Waals surface area contributed by atoms with Crippen LogP contribution in [0.15, 0.2) is 18.3 Å². The van der Waals surface area contributed by atoms with Gasteiger partial charge in [-0.05, 0) is 31.7 Å². The van der Waals surface area contributed by atoms with E-state index in [2.05, 4.69) is 41.8 Å². The maximum Gasteiger partial charge on any atom is 0.227 e. The van der Waals surface area contributed by atoms with Gasteiger partial charge in [-0.2, -0.15) is 10.1 Å². The number of carbonyl (C=O) groups excluding carboxylic acids is 1. The molecule has 2 aliphatic heterocycles. The summed E-state index contributed by atoms with van der Waals surface area (Å²) in [7, 11) is 1.71. The van der Waals surface area contributed by atoms with E-state index in [9.17, 15) is 4.79 Å². The summed E-state index contributed by atoms with van der Waals surface area (Å²) in [5, 5.41) is 13.6. The molecule has 0 aromatic carbocycles. The quantitative estimate of drug-likeness (QED) is 0.750. The van der Waals surface area contributed by atoms with Crippen molar-refractivity contribution < 1.29 is 4.79 Å². The Hall–Kier alpha value is -2.64. The molecule has 2 aliphatic carbocycles. The highest BCUT2D eigenvalue weighted by Gasteiger charge is 2.60. The molecule has 4 aliphatic rings. The van der Waals surface area contributed by atoms with Crippen LogP contribution in [-0.2, 0) is 4.79 Å². The van der Waals surface area contributed by atoms with E-state index in [1.54, 1.807) is 13.2 Å². The second kappa shape index (κ2) is 6.21. The number of nitrogens with one attached hydrogen (secondary N) is 3. The zero-order chi connectivity index (χ0) is 18.4. The van der Waals surface area contributed by atoms with Gasteiger partial charge in [0.25, 0.3) is 0 Å². The SMILES string of the molecule is CNC(=O)C12CC(C1)N(c1nccc(Nc3cc(C4CCCC4)[nH]n3)n1)C2. The highest BCUT2D eigenvalue weighted by atomic mass is 16.2. The molecule has 8 heteroatoms. The molecular formula is C19H25N7O. The number of amides is 1. The van der Waals surface area contributed by atoms with Crippen LogP contribution in [0.5, 0.6) is 0 Å². The van der Waals surface area contributed by atoms with E-state index >= 15 is 0 Å². The maximum atomic E-state index is 12.2. The Balaban J connectivity index is 1.30. The fourth-order valence-electron chi connectivity index (χ4n) is 4.94. The summed E-state index contributed by atoms with van der Waals surface area (Å²) in [4.78, 5) is 23.4. The summed E-state index contributed by atoms with van der Waals surface area (Å²) in [6.45, 7) is 0.690. The molecule has 2 saturated heterocycles. The van der Waals surface area contributed by atoms with Gasteiger partial charge in [0, 0.05) is 43.5 Å². The molecule has 0 atom stereocenters. The summed E-state index contributed by atoms with van der Waals surface area (Å²) in [5.74, 6) is 2.93. The molecule has 2 saturated carbocycles. The lowest BCUT2D eigenvalue weighted by Crippen LogP contribution is -2.46. The Morgan fingerprint density at radius 3 is 2.89 bits per heavy atom. The number of H-pyrrole nitrogens is 1. The summed E-state index contributed by atoms with van der Waals surface area (Å²) < 4.78 is 0. The standard InChI is InChI=1S/C19H25N7O/c1-20-17(27)19-9-13(10-19)26(11-19)18-21-7-6-15(23-18)22-16-8-14(24-25-16)12-4-2-3-5-12/h6-8,12-13H,2-5,9-11H2,1H3,(H,20,27)(H2,21,22,23,24,25). The molecule has 0 spiro atoms. The van der Waals surface area contributed by atoms with Crippen LogP contribution in [0, 0.1) is 5.41 Å². The lowest BCUT2D eigenvalue weighted by molar-refractivity contribution is -0.132. The zero-order valence-corrected chi connectivity index (χ0v) is 15.5. The summed E-state index contributed by atoms with van der Waals surface area (Å²) in [5.41, 5.74) is 0.946. The molecule has 8 nitrogen and oxygen atoms in total. The van der Waals surface area contributed by atoms with Crippen molar-refractivity contribution in [3.05, 3.63) is 24.0 Å². The average Bonchev–Trinajstić information content (AvgIpc) is 3.42. The normalized spacial score (nSPS) is 26.9. The topological polar surface area (TPSA) is 98.8 Å². The molecular weight excluding hydrogens is 342 g/mol. The molecule has 6 rings (SSSR count). The van der Waals surface area contributed by atoms with Gasteiger partial charge in [-0.15, -0.1) is 0 Å². The third-order valence-corrected chi connectivity index (χ3v) is 6.42. The van der Waals surface area contributed by atoms with Crippen LogP contribution in [0.1, 0.15) is 50.1 Å². The Morgan fingerprint density at radius 1 is 1.30 bits per heavy atom. The van der Waals surface area contributed by atoms with Gasteiger partial charge in [0.05, 0.1) is 5.41 Å². The first-order chi connectivity index (χ1) is 13.2. The summed E-state index contributed by atoms with van der Waals surface area (Å²) >= 11 is 0. The van der Waals surface area contributed by atoms with Crippen LogP contribution in [0.4, 0.5) is 17.6 Å². The third kappa shape index (κ3) is 2.74. The fourth-order valence-corrected chi connectivity index (χ4v) is 4.94. The lowest BCUT2D eigenvalue weighted by Gasteiger charge is -2.34. The van der Waals surface area contributed by atoms with E-state index in [1.807, 2.05) is 6.07 Å². The van der Waals surface area contributed by atoms with Gasteiger partial charge in [0.2, 0.25) is 11.9 Å². The van der Waals surface area contributed by atoms with Gasteiger partial charge < -0.3 is 15.5 Å². The van der Waals surface area contributed by atoms with Crippen molar-refractivity contribution >= 4 is 23.5 Å². The number of anilines is 3. The molecule has 142 valence electrons. The van der Waals surface area contributed by atoms with Gasteiger partial charge in [-0.1, -0.05) is 12.8 Å². The van der Waals surface area contributed by atoms with Crippen molar-refractivity contribution in [2.45, 2.75) is 50.5 Å². The second-order valence-corrected chi connectivity index (χ2v) is 8.11. The van der Waals surface area contributed by atoms with Crippen LogP contribution in [0.25, 0.3) is 0 Å². The van der Waals surface area contributed by atoms with Crippen LogP contribution in [0.3, 0.4) is 0 Å². The zero-order valence-electron chi connectivity index (χ0n) is 15.5. The molecule has 3 N–H and O–H groups in total. The van der Waals surface area contributed by atoms with Crippen molar-refractivity contribution in [2.24, 2.45) is 5.41 Å². The van der Waals surface area contributed by atoms with Crippen molar-refractivity contribution in [3.8, 4) is 0 Å². The minimum Gasteiger partial charge on any atom is -0.359 e. The first-order valence-corrected chi connectivity index (χ1v) is 9.81. The minimum absolute atomic E-state index is 0.131.